The Balaban J connectivity index is 1.39. The van der Waals surface area contributed by atoms with Crippen LogP contribution in [0.15, 0.2) is 30.5 Å². The zero-order chi connectivity index (χ0) is 23.4. The quantitative estimate of drug-likeness (QED) is 0.423. The van der Waals surface area contributed by atoms with Gasteiger partial charge in [-0.25, -0.2) is 13.8 Å². The summed E-state index contributed by atoms with van der Waals surface area (Å²) in [4.78, 5) is 4.23. The van der Waals surface area contributed by atoms with E-state index in [4.69, 9.17) is 4.74 Å². The highest BCUT2D eigenvalue weighted by Crippen LogP contribution is 2.36. The Kier molecular flexibility index (Phi) is 7.46. The largest absolute Gasteiger partial charge is 0.388 e. The third kappa shape index (κ3) is 6.40. The summed E-state index contributed by atoms with van der Waals surface area (Å²) in [6.07, 6.45) is 6.73. The van der Waals surface area contributed by atoms with E-state index in [0.29, 0.717) is 48.5 Å². The highest BCUT2D eigenvalue weighted by Gasteiger charge is 2.40. The Morgan fingerprint density at radius 3 is 2.55 bits per heavy atom. The minimum absolute atomic E-state index is 0.257. The molecular formula is C25H34F2N4O2. The predicted molar refractivity (Wildman–Crippen MR) is 126 cm³/mol. The normalized spacial score (nSPS) is 22.6. The number of nitrogens with one attached hydrogen (secondary N) is 3. The van der Waals surface area contributed by atoms with Crippen LogP contribution in [-0.4, -0.2) is 54.1 Å². The lowest BCUT2D eigenvalue weighted by molar-refractivity contribution is 0.161. The number of halogens is 2. The van der Waals surface area contributed by atoms with Crippen molar-refractivity contribution in [2.45, 2.75) is 69.2 Å². The second kappa shape index (κ2) is 10.3. The molecule has 33 heavy (non-hydrogen) atoms. The summed E-state index contributed by atoms with van der Waals surface area (Å²) in [6.45, 7) is 3.10. The smallest absolute Gasteiger partial charge is 0.149 e. The molecule has 2 fully saturated rings. The molecule has 0 saturated heterocycles. The van der Waals surface area contributed by atoms with Crippen LogP contribution in [0, 0.1) is 11.6 Å². The van der Waals surface area contributed by atoms with Gasteiger partial charge in [0.2, 0.25) is 0 Å². The van der Waals surface area contributed by atoms with Crippen LogP contribution in [0.25, 0.3) is 11.1 Å². The van der Waals surface area contributed by atoms with Crippen molar-refractivity contribution in [1.82, 2.24) is 10.3 Å². The predicted octanol–water partition coefficient (Wildman–Crippen LogP) is 4.31. The molecule has 0 amide bonds. The number of benzene rings is 1. The fraction of sp³-hybridized carbons (Fsp3) is 0.560. The first-order valence-corrected chi connectivity index (χ1v) is 11.8. The molecule has 180 valence electrons. The minimum Gasteiger partial charge on any atom is -0.388 e. The lowest BCUT2D eigenvalue weighted by Gasteiger charge is -2.31. The highest BCUT2D eigenvalue weighted by molar-refractivity contribution is 5.71. The van der Waals surface area contributed by atoms with Gasteiger partial charge in [0.1, 0.15) is 17.5 Å². The van der Waals surface area contributed by atoms with Gasteiger partial charge in [0.15, 0.2) is 0 Å². The van der Waals surface area contributed by atoms with Crippen LogP contribution in [0.4, 0.5) is 20.3 Å². The van der Waals surface area contributed by atoms with E-state index in [1.807, 2.05) is 0 Å². The van der Waals surface area contributed by atoms with Gasteiger partial charge in [0, 0.05) is 37.3 Å². The van der Waals surface area contributed by atoms with Crippen molar-refractivity contribution >= 4 is 11.5 Å². The van der Waals surface area contributed by atoms with Gasteiger partial charge in [-0.3, -0.25) is 0 Å². The Morgan fingerprint density at radius 2 is 1.85 bits per heavy atom. The maximum absolute atomic E-state index is 14.6. The first-order chi connectivity index (χ1) is 15.8. The van der Waals surface area contributed by atoms with Gasteiger partial charge in [-0.1, -0.05) is 6.07 Å². The number of pyridine rings is 1. The molecule has 1 aromatic heterocycles. The summed E-state index contributed by atoms with van der Waals surface area (Å²) in [5, 5.41) is 20.0. The Morgan fingerprint density at radius 1 is 1.12 bits per heavy atom. The summed E-state index contributed by atoms with van der Waals surface area (Å²) < 4.78 is 34.1. The molecule has 2 aromatic rings. The zero-order valence-corrected chi connectivity index (χ0v) is 19.3. The average Bonchev–Trinajstić information content (AvgIpc) is 3.53. The van der Waals surface area contributed by atoms with Gasteiger partial charge in [-0.05, 0) is 69.2 Å². The van der Waals surface area contributed by atoms with Crippen molar-refractivity contribution in [3.63, 3.8) is 0 Å². The number of anilines is 2. The molecule has 1 unspecified atom stereocenters. The van der Waals surface area contributed by atoms with Gasteiger partial charge in [-0.15, -0.1) is 0 Å². The summed E-state index contributed by atoms with van der Waals surface area (Å²) in [6, 6.07) is 7.23. The number of aromatic nitrogens is 1. The van der Waals surface area contributed by atoms with Crippen molar-refractivity contribution in [3.8, 4) is 11.1 Å². The molecule has 4 N–H and O–H groups in total. The number of aliphatic hydroxyl groups is 1. The SMILES string of the molecule is COCC(C)NC1CCC(Nc2cc(-c3ccc(F)c(NCC4(O)CC4)c3)c(F)cn2)CC1. The molecule has 1 heterocycles. The second-order valence-corrected chi connectivity index (χ2v) is 9.54. The molecule has 2 aliphatic carbocycles. The molecule has 0 bridgehead atoms. The third-order valence-electron chi connectivity index (χ3n) is 6.58. The van der Waals surface area contributed by atoms with Crippen LogP contribution in [-0.2, 0) is 4.74 Å². The van der Waals surface area contributed by atoms with Crippen molar-refractivity contribution in [2.24, 2.45) is 0 Å². The first-order valence-electron chi connectivity index (χ1n) is 11.8. The maximum Gasteiger partial charge on any atom is 0.149 e. The van der Waals surface area contributed by atoms with Gasteiger partial charge in [0.05, 0.1) is 24.1 Å². The lowest BCUT2D eigenvalue weighted by Crippen LogP contribution is -2.42. The number of methoxy groups -OCH3 is 1. The summed E-state index contributed by atoms with van der Waals surface area (Å²) in [7, 11) is 1.71. The molecule has 0 spiro atoms. The van der Waals surface area contributed by atoms with E-state index in [2.05, 4.69) is 27.9 Å². The molecule has 1 atom stereocenters. The molecule has 2 aliphatic rings. The van der Waals surface area contributed by atoms with Crippen LogP contribution in [0.5, 0.6) is 0 Å². The highest BCUT2D eigenvalue weighted by atomic mass is 19.1. The average molecular weight is 461 g/mol. The third-order valence-corrected chi connectivity index (χ3v) is 6.58. The molecule has 2 saturated carbocycles. The molecule has 8 heteroatoms. The summed E-state index contributed by atoms with van der Waals surface area (Å²) >= 11 is 0. The monoisotopic (exact) mass is 460 g/mol. The van der Waals surface area contributed by atoms with E-state index in [1.54, 1.807) is 25.3 Å². The summed E-state index contributed by atoms with van der Waals surface area (Å²) in [5.41, 5.74) is 0.429. The van der Waals surface area contributed by atoms with E-state index in [1.165, 1.54) is 12.3 Å². The maximum atomic E-state index is 14.6. The van der Waals surface area contributed by atoms with E-state index in [-0.39, 0.29) is 18.3 Å². The van der Waals surface area contributed by atoms with Gasteiger partial charge in [-0.2, -0.15) is 0 Å². The van der Waals surface area contributed by atoms with Gasteiger partial charge in [0.25, 0.3) is 0 Å². The van der Waals surface area contributed by atoms with Crippen LogP contribution in [0.1, 0.15) is 45.4 Å². The molecular weight excluding hydrogens is 426 g/mol. The molecule has 6 nitrogen and oxygen atoms in total. The van der Waals surface area contributed by atoms with Crippen LogP contribution in [0.3, 0.4) is 0 Å². The van der Waals surface area contributed by atoms with Crippen molar-refractivity contribution < 1.29 is 18.6 Å². The van der Waals surface area contributed by atoms with Crippen LogP contribution >= 0.6 is 0 Å². The number of nitrogens with zero attached hydrogens (tertiary/aromatic N) is 1. The van der Waals surface area contributed by atoms with E-state index >= 15 is 0 Å². The zero-order valence-electron chi connectivity index (χ0n) is 19.3. The Labute approximate surface area is 194 Å². The van der Waals surface area contributed by atoms with Gasteiger partial charge >= 0.3 is 0 Å². The number of hydrogen-bond acceptors (Lipinski definition) is 6. The number of rotatable bonds is 10. The molecule has 0 aliphatic heterocycles. The van der Waals surface area contributed by atoms with E-state index in [9.17, 15) is 13.9 Å². The topological polar surface area (TPSA) is 78.4 Å². The van der Waals surface area contributed by atoms with Crippen molar-refractivity contribution in [3.05, 3.63) is 42.1 Å². The standard InChI is InChI=1S/C25H34F2N4O2/c1-16(14-33-2)30-18-4-6-19(7-5-18)31-24-12-20(22(27)13-28-24)17-3-8-21(26)23(11-17)29-15-25(32)9-10-25/h3,8,11-13,16,18-19,29-30,32H,4-7,9-10,14-15H2,1-2H3,(H,28,31). The lowest BCUT2D eigenvalue weighted by atomic mass is 9.90. The van der Waals surface area contributed by atoms with E-state index < -0.39 is 17.2 Å². The van der Waals surface area contributed by atoms with Crippen molar-refractivity contribution in [2.75, 3.05) is 30.9 Å². The summed E-state index contributed by atoms with van der Waals surface area (Å²) in [5.74, 6) is -0.276. The molecule has 0 radical (unpaired) electrons. The van der Waals surface area contributed by atoms with Crippen molar-refractivity contribution in [1.29, 1.82) is 0 Å². The van der Waals surface area contributed by atoms with Gasteiger partial charge < -0.3 is 25.8 Å². The molecule has 4 rings (SSSR count). The number of ether oxygens (including phenoxy) is 1. The number of hydrogen-bond donors (Lipinski definition) is 4. The van der Waals surface area contributed by atoms with Crippen LogP contribution in [0.2, 0.25) is 0 Å². The second-order valence-electron chi connectivity index (χ2n) is 9.54. The Bertz CT molecular complexity index is 946. The Hall–Kier alpha value is -2.29. The first kappa shape index (κ1) is 23.9. The van der Waals surface area contributed by atoms with Crippen LogP contribution < -0.4 is 16.0 Å². The minimum atomic E-state index is -0.752. The molecule has 1 aromatic carbocycles. The fourth-order valence-corrected chi connectivity index (χ4v) is 4.46. The fourth-order valence-electron chi connectivity index (χ4n) is 4.46. The van der Waals surface area contributed by atoms with E-state index in [0.717, 1.165) is 25.7 Å².